The summed E-state index contributed by atoms with van der Waals surface area (Å²) in [6, 6.07) is 16.4. The third kappa shape index (κ3) is 19.6. The molecule has 21 heteroatoms. The number of esters is 1. The molecular formula is C64H86N4O17. The minimum absolute atomic E-state index is 0.0190. The SMILES string of the molecule is CCC(C)(C)C(=O)C(=O)N1CCCC[C@H]1C(=O)O[C@H](CCc1ccc(OC)c(OC)c1)c1cccc(NC(=O)CCC(=O)CCCCOC)c1.CCCOCCOCCCCC(=O)COc1cccc2c1C(=O)N(C1(C)CCC(=O)NC1=O)C2=O. The highest BCUT2D eigenvalue weighted by Gasteiger charge is 2.53. The fourth-order valence-electron chi connectivity index (χ4n) is 9.89. The van der Waals surface area contributed by atoms with Gasteiger partial charge in [0.25, 0.3) is 23.6 Å². The fraction of sp³-hybridized carbons (Fsp3) is 0.562. The number of likely N-dealkylation sites (tertiary alicyclic amines) is 1. The number of unbranched alkanes of at least 4 members (excludes halogenated alkanes) is 2. The number of Topliss-reactive ketones (excluding diaryl/α,β-unsaturated/α-hetero) is 3. The van der Waals surface area contributed by atoms with Crippen LogP contribution in [-0.2, 0) is 63.7 Å². The number of rotatable bonds is 34. The van der Waals surface area contributed by atoms with Crippen molar-refractivity contribution in [3.8, 4) is 17.2 Å². The topological polar surface area (TPSA) is 266 Å². The Morgan fingerprint density at radius 3 is 2.15 bits per heavy atom. The van der Waals surface area contributed by atoms with Crippen molar-refractivity contribution in [2.24, 2.45) is 5.41 Å². The van der Waals surface area contributed by atoms with E-state index in [0.29, 0.717) is 107 Å². The fourth-order valence-corrected chi connectivity index (χ4v) is 9.89. The van der Waals surface area contributed by atoms with Crippen LogP contribution in [0.2, 0.25) is 0 Å². The van der Waals surface area contributed by atoms with Gasteiger partial charge in [-0.05, 0) is 131 Å². The van der Waals surface area contributed by atoms with Crippen LogP contribution < -0.4 is 24.8 Å². The maximum Gasteiger partial charge on any atom is 0.329 e. The highest BCUT2D eigenvalue weighted by Crippen LogP contribution is 2.38. The second-order valence-corrected chi connectivity index (χ2v) is 22.2. The second-order valence-electron chi connectivity index (χ2n) is 22.2. The number of imide groups is 2. The lowest BCUT2D eigenvalue weighted by atomic mass is 9.84. The molecule has 2 saturated heterocycles. The van der Waals surface area contributed by atoms with Crippen LogP contribution in [0.3, 0.4) is 0 Å². The zero-order valence-corrected chi connectivity index (χ0v) is 50.7. The molecule has 1 unspecified atom stereocenters. The summed E-state index contributed by atoms with van der Waals surface area (Å²) in [5.41, 5.74) is -0.106. The first-order valence-corrected chi connectivity index (χ1v) is 29.6. The molecule has 6 amide bonds. The molecule has 0 spiro atoms. The number of hydrogen-bond acceptors (Lipinski definition) is 17. The number of anilines is 1. The minimum Gasteiger partial charge on any atom is -0.493 e. The number of ketones is 3. The summed E-state index contributed by atoms with van der Waals surface area (Å²) >= 11 is 0. The molecular weight excluding hydrogens is 1100 g/mol. The van der Waals surface area contributed by atoms with Crippen molar-refractivity contribution in [2.75, 3.05) is 72.8 Å². The quantitative estimate of drug-likeness (QED) is 0.0246. The largest absolute Gasteiger partial charge is 0.493 e. The van der Waals surface area contributed by atoms with Crippen LogP contribution in [0.5, 0.6) is 17.2 Å². The number of fused-ring (bicyclic) bond motifs is 1. The number of methoxy groups -OCH3 is 3. The molecule has 0 bridgehead atoms. The van der Waals surface area contributed by atoms with Gasteiger partial charge in [0.05, 0.1) is 38.6 Å². The third-order valence-electron chi connectivity index (χ3n) is 15.4. The Labute approximate surface area is 498 Å². The van der Waals surface area contributed by atoms with E-state index in [2.05, 4.69) is 10.6 Å². The van der Waals surface area contributed by atoms with Gasteiger partial charge in [0.15, 0.2) is 17.3 Å². The number of benzene rings is 3. The van der Waals surface area contributed by atoms with Gasteiger partial charge in [-0.25, -0.2) is 4.79 Å². The van der Waals surface area contributed by atoms with Crippen LogP contribution in [0.25, 0.3) is 0 Å². The number of carbonyl (C=O) groups is 10. The maximum atomic E-state index is 13.9. The summed E-state index contributed by atoms with van der Waals surface area (Å²) in [4.78, 5) is 130. The van der Waals surface area contributed by atoms with Crippen LogP contribution in [0, 0.1) is 5.41 Å². The molecule has 6 rings (SSSR count). The Balaban J connectivity index is 0.000000330. The molecule has 3 aromatic rings. The van der Waals surface area contributed by atoms with E-state index in [0.717, 1.165) is 49.2 Å². The van der Waals surface area contributed by atoms with Crippen LogP contribution in [0.15, 0.2) is 60.7 Å². The number of ether oxygens (including phenoxy) is 7. The normalized spacial score (nSPS) is 17.0. The summed E-state index contributed by atoms with van der Waals surface area (Å²) in [5, 5.41) is 5.07. The molecule has 2 N–H and O–H groups in total. The van der Waals surface area contributed by atoms with Gasteiger partial charge in [0.1, 0.15) is 35.8 Å². The number of carbonyl (C=O) groups excluding carboxylic acids is 10. The van der Waals surface area contributed by atoms with Gasteiger partial charge in [-0.2, -0.15) is 0 Å². The second kappa shape index (κ2) is 34.0. The molecule has 3 aliphatic heterocycles. The first-order valence-electron chi connectivity index (χ1n) is 29.6. The lowest BCUT2D eigenvalue weighted by Crippen LogP contribution is -2.62. The van der Waals surface area contributed by atoms with Crippen molar-refractivity contribution < 1.29 is 81.1 Å². The Morgan fingerprint density at radius 1 is 0.753 bits per heavy atom. The van der Waals surface area contributed by atoms with E-state index in [4.69, 9.17) is 33.2 Å². The van der Waals surface area contributed by atoms with E-state index in [-0.39, 0.29) is 66.6 Å². The van der Waals surface area contributed by atoms with Crippen LogP contribution in [0.4, 0.5) is 5.69 Å². The van der Waals surface area contributed by atoms with E-state index in [1.807, 2.05) is 38.1 Å². The number of nitrogens with one attached hydrogen (secondary N) is 2. The van der Waals surface area contributed by atoms with Gasteiger partial charge in [-0.3, -0.25) is 53.4 Å². The predicted octanol–water partition coefficient (Wildman–Crippen LogP) is 8.45. The van der Waals surface area contributed by atoms with E-state index >= 15 is 0 Å². The lowest BCUT2D eigenvalue weighted by molar-refractivity contribution is -0.164. The van der Waals surface area contributed by atoms with Crippen LogP contribution in [0.1, 0.15) is 175 Å². The molecule has 3 heterocycles. The lowest BCUT2D eigenvalue weighted by Gasteiger charge is -2.38. The Morgan fingerprint density at radius 2 is 1.46 bits per heavy atom. The van der Waals surface area contributed by atoms with Gasteiger partial charge in [-0.15, -0.1) is 0 Å². The minimum atomic E-state index is -1.49. The number of aryl methyl sites for hydroxylation is 1. The third-order valence-corrected chi connectivity index (χ3v) is 15.4. The highest BCUT2D eigenvalue weighted by atomic mass is 16.5. The van der Waals surface area contributed by atoms with E-state index in [1.165, 1.54) is 24.0 Å². The van der Waals surface area contributed by atoms with Gasteiger partial charge >= 0.3 is 5.97 Å². The average Bonchev–Trinajstić information content (AvgIpc) is 1.71. The number of amides is 6. The smallest absolute Gasteiger partial charge is 0.329 e. The van der Waals surface area contributed by atoms with Gasteiger partial charge in [0, 0.05) is 76.7 Å². The zero-order valence-electron chi connectivity index (χ0n) is 50.7. The summed E-state index contributed by atoms with van der Waals surface area (Å²) in [5.74, 6) is -3.31. The molecule has 85 heavy (non-hydrogen) atoms. The summed E-state index contributed by atoms with van der Waals surface area (Å²) in [7, 11) is 4.75. The predicted molar refractivity (Wildman–Crippen MR) is 314 cm³/mol. The van der Waals surface area contributed by atoms with Crippen molar-refractivity contribution >= 4 is 64.4 Å². The summed E-state index contributed by atoms with van der Waals surface area (Å²) in [6.07, 6.45) is 7.31. The number of nitrogens with zero attached hydrogens (tertiary/aromatic N) is 2. The van der Waals surface area contributed by atoms with Crippen molar-refractivity contribution in [3.63, 3.8) is 0 Å². The van der Waals surface area contributed by atoms with Crippen molar-refractivity contribution in [1.82, 2.24) is 15.1 Å². The molecule has 464 valence electrons. The van der Waals surface area contributed by atoms with E-state index in [1.54, 1.807) is 59.4 Å². The van der Waals surface area contributed by atoms with E-state index in [9.17, 15) is 47.9 Å². The Hall–Kier alpha value is -7.36. The molecule has 0 radical (unpaired) electrons. The standard InChI is InChI=1S/C39H54N2O9.C25H32N2O8/c1-7-39(2,3)36(44)37(45)41-23-10-8-16-31(41)38(46)50-32(20-17-27-18-21-33(48-5)34(25-27)49-6)28-13-12-14-29(26-28)40-35(43)22-19-30(42)15-9-11-24-47-4;1-3-12-33-14-15-34-13-5-4-7-17(28)16-35-19-9-6-8-18-21(19)23(31)27(22(18)30)25(2)11-10-20(29)26-24(25)32/h12-14,18,21,25-26,31-32H,7-11,15-17,19-20,22-24H2,1-6H3,(H,40,43);6,8-9H,3-5,7,10-16H2,1-2H3,(H,26,29,32)/t31-,32+;/m0./s1. The molecule has 3 aliphatic rings. The van der Waals surface area contributed by atoms with Crippen LogP contribution in [-0.4, -0.2) is 148 Å². The van der Waals surface area contributed by atoms with Crippen molar-refractivity contribution in [2.45, 2.75) is 161 Å². The molecule has 0 aliphatic carbocycles. The van der Waals surface area contributed by atoms with Gasteiger partial charge in [-0.1, -0.05) is 52.0 Å². The number of hydrogen-bond donors (Lipinski definition) is 2. The maximum absolute atomic E-state index is 13.9. The summed E-state index contributed by atoms with van der Waals surface area (Å²) in [6.45, 7) is 11.8. The van der Waals surface area contributed by atoms with Crippen molar-refractivity contribution in [3.05, 3.63) is 82.9 Å². The zero-order chi connectivity index (χ0) is 62.1. The summed E-state index contributed by atoms with van der Waals surface area (Å²) < 4.78 is 38.5. The molecule has 3 aromatic carbocycles. The first-order chi connectivity index (χ1) is 40.7. The van der Waals surface area contributed by atoms with Crippen LogP contribution >= 0.6 is 0 Å². The molecule has 21 nitrogen and oxygen atoms in total. The Bertz CT molecular complexity index is 2830. The van der Waals surface area contributed by atoms with Gasteiger partial charge < -0.3 is 43.4 Å². The molecule has 3 atom stereocenters. The average molecular weight is 1180 g/mol. The Kier molecular flexibility index (Phi) is 27.3. The van der Waals surface area contributed by atoms with Crippen molar-refractivity contribution in [1.29, 1.82) is 0 Å². The molecule has 0 saturated carbocycles. The molecule has 2 fully saturated rings. The molecule has 0 aromatic heterocycles. The first kappa shape index (κ1) is 68.4. The van der Waals surface area contributed by atoms with E-state index < -0.39 is 64.4 Å². The number of piperidine rings is 2. The monoisotopic (exact) mass is 1180 g/mol. The highest BCUT2D eigenvalue weighted by molar-refractivity contribution is 6.38. The van der Waals surface area contributed by atoms with Gasteiger partial charge in [0.2, 0.25) is 17.6 Å².